The highest BCUT2D eigenvalue weighted by molar-refractivity contribution is 8.02. The molecular formula is C13H15N3O3S2. The maximum atomic E-state index is 12.1. The first-order valence-corrected chi connectivity index (χ1v) is 7.85. The van der Waals surface area contributed by atoms with E-state index in [0.717, 1.165) is 4.34 Å². The summed E-state index contributed by atoms with van der Waals surface area (Å²) in [6.07, 6.45) is 0. The molecule has 0 aliphatic rings. The first-order valence-electron chi connectivity index (χ1n) is 6.09. The Kier molecular flexibility index (Phi) is 5.40. The van der Waals surface area contributed by atoms with Crippen molar-refractivity contribution in [2.24, 2.45) is 0 Å². The summed E-state index contributed by atoms with van der Waals surface area (Å²) in [5.74, 6) is 1.08. The van der Waals surface area contributed by atoms with Gasteiger partial charge in [0.05, 0.1) is 19.5 Å². The number of carbonyl (C=O) groups excluding carboxylic acids is 1. The van der Waals surface area contributed by atoms with Crippen molar-refractivity contribution in [2.75, 3.05) is 19.5 Å². The number of thioether (sulfide) groups is 1. The van der Waals surface area contributed by atoms with Gasteiger partial charge in [0.1, 0.15) is 5.51 Å². The number of methoxy groups -OCH3 is 2. The molecule has 0 unspecified atom stereocenters. The Morgan fingerprint density at radius 2 is 2.10 bits per heavy atom. The van der Waals surface area contributed by atoms with Gasteiger partial charge in [-0.25, -0.2) is 0 Å². The quantitative estimate of drug-likeness (QED) is 0.823. The lowest BCUT2D eigenvalue weighted by Crippen LogP contribution is -2.22. The molecule has 1 atom stereocenters. The van der Waals surface area contributed by atoms with Crippen LogP contribution in [0.3, 0.4) is 0 Å². The van der Waals surface area contributed by atoms with Crippen molar-refractivity contribution in [3.8, 4) is 11.5 Å². The molecule has 1 heterocycles. The van der Waals surface area contributed by atoms with Crippen molar-refractivity contribution in [1.29, 1.82) is 0 Å². The zero-order valence-corrected chi connectivity index (χ0v) is 13.5. The summed E-state index contributed by atoms with van der Waals surface area (Å²) < 4.78 is 11.1. The van der Waals surface area contributed by atoms with E-state index < -0.39 is 0 Å². The van der Waals surface area contributed by atoms with Gasteiger partial charge in [-0.1, -0.05) is 23.1 Å². The predicted molar refractivity (Wildman–Crippen MR) is 83.4 cm³/mol. The first-order chi connectivity index (χ1) is 10.1. The van der Waals surface area contributed by atoms with Crippen molar-refractivity contribution in [3.63, 3.8) is 0 Å². The average molecular weight is 325 g/mol. The highest BCUT2D eigenvalue weighted by Gasteiger charge is 2.17. The van der Waals surface area contributed by atoms with Gasteiger partial charge >= 0.3 is 0 Å². The van der Waals surface area contributed by atoms with Crippen LogP contribution in [0.5, 0.6) is 11.5 Å². The third kappa shape index (κ3) is 4.08. The van der Waals surface area contributed by atoms with Crippen LogP contribution in [0.4, 0.5) is 5.69 Å². The number of rotatable bonds is 6. The van der Waals surface area contributed by atoms with Crippen LogP contribution in [0.2, 0.25) is 0 Å². The second-order valence-corrected chi connectivity index (χ2v) is 6.44. The van der Waals surface area contributed by atoms with Crippen molar-refractivity contribution in [2.45, 2.75) is 16.5 Å². The van der Waals surface area contributed by atoms with Gasteiger partial charge in [0, 0.05) is 11.8 Å². The van der Waals surface area contributed by atoms with Crippen LogP contribution in [0, 0.1) is 0 Å². The van der Waals surface area contributed by atoms with E-state index in [1.165, 1.54) is 23.1 Å². The van der Waals surface area contributed by atoms with Crippen LogP contribution in [-0.2, 0) is 4.79 Å². The molecule has 1 N–H and O–H groups in total. The summed E-state index contributed by atoms with van der Waals surface area (Å²) in [7, 11) is 3.12. The van der Waals surface area contributed by atoms with Crippen molar-refractivity contribution in [3.05, 3.63) is 23.7 Å². The number of carbonyl (C=O) groups is 1. The Hall–Kier alpha value is -1.80. The maximum absolute atomic E-state index is 12.1. The molecule has 0 aliphatic heterocycles. The number of benzene rings is 1. The maximum Gasteiger partial charge on any atom is 0.237 e. The fraction of sp³-hybridized carbons (Fsp3) is 0.308. The van der Waals surface area contributed by atoms with Gasteiger partial charge in [0.15, 0.2) is 15.8 Å². The van der Waals surface area contributed by atoms with Crippen LogP contribution in [0.1, 0.15) is 6.92 Å². The third-order valence-electron chi connectivity index (χ3n) is 2.64. The van der Waals surface area contributed by atoms with Crippen molar-refractivity contribution in [1.82, 2.24) is 10.2 Å². The molecule has 8 heteroatoms. The standard InChI is InChI=1S/C13H15N3O3S2/c1-8(21-13-16-14-7-20-13)12(17)15-9-4-5-10(18-2)11(6-9)19-3/h4-8H,1-3H3,(H,15,17)/t8-/m1/s1. The van der Waals surface area contributed by atoms with Crippen molar-refractivity contribution >= 4 is 34.7 Å². The molecule has 6 nitrogen and oxygen atoms in total. The average Bonchev–Trinajstić information content (AvgIpc) is 2.99. The minimum absolute atomic E-state index is 0.109. The lowest BCUT2D eigenvalue weighted by molar-refractivity contribution is -0.115. The lowest BCUT2D eigenvalue weighted by Gasteiger charge is -2.12. The number of ether oxygens (including phenoxy) is 2. The number of amides is 1. The van der Waals surface area contributed by atoms with Gasteiger partial charge in [-0.2, -0.15) is 0 Å². The number of nitrogens with one attached hydrogen (secondary N) is 1. The molecule has 0 radical (unpaired) electrons. The summed E-state index contributed by atoms with van der Waals surface area (Å²) in [6.45, 7) is 1.82. The molecule has 1 aromatic carbocycles. The Morgan fingerprint density at radius 1 is 1.33 bits per heavy atom. The zero-order chi connectivity index (χ0) is 15.2. The minimum atomic E-state index is -0.272. The number of hydrogen-bond donors (Lipinski definition) is 1. The van der Waals surface area contributed by atoms with Gasteiger partial charge in [0.2, 0.25) is 5.91 Å². The number of nitrogens with zero attached hydrogens (tertiary/aromatic N) is 2. The highest BCUT2D eigenvalue weighted by Crippen LogP contribution is 2.30. The van der Waals surface area contributed by atoms with Crippen LogP contribution < -0.4 is 14.8 Å². The summed E-state index contributed by atoms with van der Waals surface area (Å²) in [4.78, 5) is 12.1. The van der Waals surface area contributed by atoms with Crippen LogP contribution in [0.15, 0.2) is 28.0 Å². The topological polar surface area (TPSA) is 73.3 Å². The Balaban J connectivity index is 2.01. The second kappa shape index (κ2) is 7.28. The molecule has 0 saturated carbocycles. The highest BCUT2D eigenvalue weighted by atomic mass is 32.2. The molecule has 112 valence electrons. The van der Waals surface area contributed by atoms with Crippen LogP contribution >= 0.6 is 23.1 Å². The second-order valence-electron chi connectivity index (χ2n) is 4.02. The van der Waals surface area contributed by atoms with E-state index in [4.69, 9.17) is 9.47 Å². The lowest BCUT2D eigenvalue weighted by atomic mass is 10.2. The summed E-state index contributed by atoms with van der Waals surface area (Å²) in [6, 6.07) is 5.23. The normalized spacial score (nSPS) is 11.8. The van der Waals surface area contributed by atoms with Crippen LogP contribution in [0.25, 0.3) is 0 Å². The van der Waals surface area contributed by atoms with E-state index in [-0.39, 0.29) is 11.2 Å². The number of aromatic nitrogens is 2. The first kappa shape index (κ1) is 15.6. The monoisotopic (exact) mass is 325 g/mol. The van der Waals surface area contributed by atoms with Crippen LogP contribution in [-0.4, -0.2) is 35.6 Å². The van der Waals surface area contributed by atoms with E-state index in [1.54, 1.807) is 37.9 Å². The third-order valence-corrected chi connectivity index (χ3v) is 4.55. The Bertz CT molecular complexity index is 605. The number of anilines is 1. The molecule has 1 aromatic heterocycles. The largest absolute Gasteiger partial charge is 0.493 e. The molecular weight excluding hydrogens is 310 g/mol. The molecule has 0 aliphatic carbocycles. The van der Waals surface area contributed by atoms with E-state index in [2.05, 4.69) is 15.5 Å². The summed E-state index contributed by atoms with van der Waals surface area (Å²) >= 11 is 2.78. The molecule has 21 heavy (non-hydrogen) atoms. The molecule has 0 saturated heterocycles. The molecule has 1 amide bonds. The summed E-state index contributed by atoms with van der Waals surface area (Å²) in [5.41, 5.74) is 2.30. The fourth-order valence-electron chi connectivity index (χ4n) is 1.58. The minimum Gasteiger partial charge on any atom is -0.493 e. The van der Waals surface area contributed by atoms with Gasteiger partial charge < -0.3 is 14.8 Å². The molecule has 2 rings (SSSR count). The van der Waals surface area contributed by atoms with Gasteiger partial charge in [-0.3, -0.25) is 4.79 Å². The van der Waals surface area contributed by atoms with Crippen molar-refractivity contribution < 1.29 is 14.3 Å². The Labute approximate surface area is 130 Å². The number of hydrogen-bond acceptors (Lipinski definition) is 7. The fourth-order valence-corrected chi connectivity index (χ4v) is 3.20. The molecule has 0 fully saturated rings. The molecule has 0 spiro atoms. The van der Waals surface area contributed by atoms with Gasteiger partial charge in [0.25, 0.3) is 0 Å². The smallest absolute Gasteiger partial charge is 0.237 e. The molecule has 0 bridgehead atoms. The van der Waals surface area contributed by atoms with Gasteiger partial charge in [-0.05, 0) is 19.1 Å². The molecule has 2 aromatic rings. The summed E-state index contributed by atoms with van der Waals surface area (Å²) in [5, 5.41) is 10.2. The van der Waals surface area contributed by atoms with Gasteiger partial charge in [-0.15, -0.1) is 10.2 Å². The van der Waals surface area contributed by atoms with E-state index in [9.17, 15) is 4.79 Å². The van der Waals surface area contributed by atoms with E-state index in [0.29, 0.717) is 17.2 Å². The van der Waals surface area contributed by atoms with E-state index in [1.807, 2.05) is 6.92 Å². The Morgan fingerprint density at radius 3 is 2.71 bits per heavy atom. The van der Waals surface area contributed by atoms with E-state index >= 15 is 0 Å². The SMILES string of the molecule is COc1ccc(NC(=O)[C@@H](C)Sc2nncs2)cc1OC. The zero-order valence-electron chi connectivity index (χ0n) is 11.8. The predicted octanol–water partition coefficient (Wildman–Crippen LogP) is 2.67.